The molecule has 118 valence electrons. The quantitative estimate of drug-likeness (QED) is 0.417. The molecule has 0 N–H and O–H groups in total. The van der Waals surface area contributed by atoms with Crippen LogP contribution in [0.3, 0.4) is 0 Å². The highest BCUT2D eigenvalue weighted by molar-refractivity contribution is 6.08. The van der Waals surface area contributed by atoms with Crippen molar-refractivity contribution in [1.82, 2.24) is 14.6 Å². The van der Waals surface area contributed by atoms with Crippen LogP contribution >= 0.6 is 0 Å². The maximum Gasteiger partial charge on any atom is 0.281 e. The van der Waals surface area contributed by atoms with Crippen molar-refractivity contribution in [2.75, 3.05) is 0 Å². The fourth-order valence-corrected chi connectivity index (χ4v) is 2.70. The first-order valence-corrected chi connectivity index (χ1v) is 7.52. The monoisotopic (exact) mass is 326 g/mol. The van der Waals surface area contributed by atoms with Crippen molar-refractivity contribution in [2.45, 2.75) is 0 Å². The number of hydrogen-bond donors (Lipinski definition) is 0. The first-order valence-electron chi connectivity index (χ1n) is 7.52. The highest BCUT2D eigenvalue weighted by Gasteiger charge is 2.16. The van der Waals surface area contributed by atoms with Gasteiger partial charge in [0, 0.05) is 5.56 Å². The van der Waals surface area contributed by atoms with Gasteiger partial charge in [-0.15, -0.1) is 0 Å². The lowest BCUT2D eigenvalue weighted by atomic mass is 10.1. The van der Waals surface area contributed by atoms with E-state index < -0.39 is 5.56 Å². The van der Waals surface area contributed by atoms with Crippen molar-refractivity contribution in [3.05, 3.63) is 87.8 Å². The van der Waals surface area contributed by atoms with Gasteiger partial charge < -0.3 is 0 Å². The Hall–Kier alpha value is -3.85. The number of nitriles is 1. The molecular formula is C19H10N4O2. The fraction of sp³-hybridized carbons (Fsp3) is 0. The van der Waals surface area contributed by atoms with Gasteiger partial charge in [0.2, 0.25) is 5.78 Å². The van der Waals surface area contributed by atoms with Crippen LogP contribution in [0.5, 0.6) is 0 Å². The van der Waals surface area contributed by atoms with E-state index in [1.54, 1.807) is 48.5 Å². The third kappa shape index (κ3) is 2.35. The third-order valence-electron chi connectivity index (χ3n) is 3.89. The molecule has 0 saturated carbocycles. The van der Waals surface area contributed by atoms with E-state index in [1.165, 1.54) is 10.6 Å². The van der Waals surface area contributed by atoms with Crippen LogP contribution in [0.15, 0.2) is 65.5 Å². The number of carbonyl (C=O) groups is 1. The molecule has 2 aromatic carbocycles. The van der Waals surface area contributed by atoms with Gasteiger partial charge in [0.15, 0.2) is 5.65 Å². The summed E-state index contributed by atoms with van der Waals surface area (Å²) in [4.78, 5) is 28.8. The van der Waals surface area contributed by atoms with E-state index >= 15 is 0 Å². The Bertz CT molecular complexity index is 1240. The lowest BCUT2D eigenvalue weighted by molar-refractivity contribution is 0.103. The van der Waals surface area contributed by atoms with Gasteiger partial charge in [0.1, 0.15) is 11.8 Å². The second-order valence-corrected chi connectivity index (χ2v) is 5.42. The molecule has 0 bridgehead atoms. The molecule has 6 heteroatoms. The molecule has 0 aliphatic rings. The maximum absolute atomic E-state index is 12.7. The highest BCUT2D eigenvalue weighted by atomic mass is 16.1. The second-order valence-electron chi connectivity index (χ2n) is 5.42. The van der Waals surface area contributed by atoms with Crippen LogP contribution in [0.25, 0.3) is 16.6 Å². The zero-order valence-corrected chi connectivity index (χ0v) is 12.9. The van der Waals surface area contributed by atoms with Crippen molar-refractivity contribution < 1.29 is 4.79 Å². The van der Waals surface area contributed by atoms with Crippen molar-refractivity contribution in [1.29, 1.82) is 5.26 Å². The first kappa shape index (κ1) is 14.7. The van der Waals surface area contributed by atoms with E-state index in [4.69, 9.17) is 0 Å². The van der Waals surface area contributed by atoms with E-state index in [0.29, 0.717) is 16.5 Å². The predicted molar refractivity (Wildman–Crippen MR) is 91.4 cm³/mol. The van der Waals surface area contributed by atoms with Crippen LogP contribution in [-0.4, -0.2) is 20.4 Å². The molecule has 4 aromatic rings. The molecule has 6 nitrogen and oxygen atoms in total. The minimum absolute atomic E-state index is 0.117. The number of hydrogen-bond acceptors (Lipinski definition) is 5. The zero-order valence-electron chi connectivity index (χ0n) is 12.9. The minimum atomic E-state index is -0.434. The van der Waals surface area contributed by atoms with E-state index in [2.05, 4.69) is 10.1 Å². The summed E-state index contributed by atoms with van der Waals surface area (Å²) in [6.45, 7) is 0. The van der Waals surface area contributed by atoms with Crippen LogP contribution in [0.2, 0.25) is 0 Å². The Morgan fingerprint density at radius 2 is 1.76 bits per heavy atom. The predicted octanol–water partition coefficient (Wildman–Crippen LogP) is 2.35. The van der Waals surface area contributed by atoms with Gasteiger partial charge in [-0.05, 0) is 18.2 Å². The largest absolute Gasteiger partial charge is 0.287 e. The van der Waals surface area contributed by atoms with Crippen LogP contribution < -0.4 is 5.56 Å². The summed E-state index contributed by atoms with van der Waals surface area (Å²) >= 11 is 0. The number of carbonyl (C=O) groups excluding carboxylic acids is 1. The van der Waals surface area contributed by atoms with E-state index in [0.717, 1.165) is 0 Å². The van der Waals surface area contributed by atoms with Gasteiger partial charge in [-0.2, -0.15) is 15.3 Å². The molecule has 25 heavy (non-hydrogen) atoms. The molecule has 2 aromatic heterocycles. The van der Waals surface area contributed by atoms with Gasteiger partial charge in [0.25, 0.3) is 5.56 Å². The number of ketones is 1. The number of para-hydroxylation sites is 1. The molecule has 0 amide bonds. The van der Waals surface area contributed by atoms with Gasteiger partial charge in [-0.1, -0.05) is 42.5 Å². The fourth-order valence-electron chi connectivity index (χ4n) is 2.70. The molecule has 0 atom stereocenters. The van der Waals surface area contributed by atoms with Gasteiger partial charge in [-0.25, -0.2) is 4.52 Å². The smallest absolute Gasteiger partial charge is 0.281 e. The molecule has 0 unspecified atom stereocenters. The number of nitrogens with zero attached hydrogens (tertiary/aromatic N) is 4. The van der Waals surface area contributed by atoms with Crippen molar-refractivity contribution in [3.8, 4) is 6.07 Å². The molecular weight excluding hydrogens is 316 g/mol. The number of fused-ring (bicyclic) bond motifs is 3. The average molecular weight is 326 g/mol. The lowest BCUT2D eigenvalue weighted by Gasteiger charge is -2.08. The van der Waals surface area contributed by atoms with Crippen LogP contribution in [0.4, 0.5) is 0 Å². The molecule has 0 aliphatic heterocycles. The molecule has 4 rings (SSSR count). The zero-order chi connectivity index (χ0) is 17.4. The Morgan fingerprint density at radius 1 is 1.04 bits per heavy atom. The topological polar surface area (TPSA) is 88.1 Å². The summed E-state index contributed by atoms with van der Waals surface area (Å²) in [6.07, 6.45) is 0. The number of rotatable bonds is 2. The number of benzene rings is 2. The highest BCUT2D eigenvalue weighted by Crippen LogP contribution is 2.16. The molecule has 0 aliphatic carbocycles. The summed E-state index contributed by atoms with van der Waals surface area (Å²) in [7, 11) is 0. The molecule has 2 heterocycles. The summed E-state index contributed by atoms with van der Waals surface area (Å²) < 4.78 is 1.38. The van der Waals surface area contributed by atoms with Crippen molar-refractivity contribution in [3.63, 3.8) is 0 Å². The van der Waals surface area contributed by atoms with E-state index in [1.807, 2.05) is 12.1 Å². The molecule has 0 radical (unpaired) electrons. The molecule has 0 saturated heterocycles. The van der Waals surface area contributed by atoms with Gasteiger partial charge >= 0.3 is 0 Å². The van der Waals surface area contributed by atoms with E-state index in [9.17, 15) is 14.9 Å². The lowest BCUT2D eigenvalue weighted by Crippen LogP contribution is -2.16. The summed E-state index contributed by atoms with van der Waals surface area (Å²) in [5, 5.41) is 14.2. The Morgan fingerprint density at radius 3 is 2.52 bits per heavy atom. The normalized spacial score (nSPS) is 10.7. The number of aromatic nitrogens is 3. The summed E-state index contributed by atoms with van der Waals surface area (Å²) in [6, 6.07) is 18.9. The average Bonchev–Trinajstić information content (AvgIpc) is 2.68. The molecule has 0 fully saturated rings. The SMILES string of the molecule is N#Cc1cc(C(=O)c2ccccc2)nn2c1nc(=O)c1ccccc12. The van der Waals surface area contributed by atoms with Crippen molar-refractivity contribution >= 4 is 22.3 Å². The van der Waals surface area contributed by atoms with Crippen LogP contribution in [0, 0.1) is 11.3 Å². The second kappa shape index (κ2) is 5.65. The summed E-state index contributed by atoms with van der Waals surface area (Å²) in [5.41, 5.74) is 0.906. The van der Waals surface area contributed by atoms with Crippen LogP contribution in [0.1, 0.15) is 21.6 Å². The maximum atomic E-state index is 12.7. The minimum Gasteiger partial charge on any atom is -0.287 e. The summed E-state index contributed by atoms with van der Waals surface area (Å²) in [5.74, 6) is -0.304. The Kier molecular flexibility index (Phi) is 3.33. The first-order chi connectivity index (χ1) is 12.2. The van der Waals surface area contributed by atoms with Crippen molar-refractivity contribution in [2.24, 2.45) is 0 Å². The Labute approximate surface area is 141 Å². The third-order valence-corrected chi connectivity index (χ3v) is 3.89. The molecule has 0 spiro atoms. The van der Waals surface area contributed by atoms with Gasteiger partial charge in [-0.3, -0.25) is 9.59 Å². The van der Waals surface area contributed by atoms with E-state index in [-0.39, 0.29) is 22.7 Å². The Balaban J connectivity index is 2.07. The van der Waals surface area contributed by atoms with Crippen LogP contribution in [-0.2, 0) is 0 Å². The standard InChI is InChI=1S/C19H10N4O2/c20-11-13-10-15(17(24)12-6-2-1-3-7-12)22-23-16-9-5-4-8-14(16)19(25)21-18(13)23/h1-10H. The van der Waals surface area contributed by atoms with Gasteiger partial charge in [0.05, 0.1) is 16.5 Å².